The monoisotopic (exact) mass is 419 g/mol. The fraction of sp³-hybridized carbons (Fsp3) is 0.200. The van der Waals surface area contributed by atoms with E-state index in [-0.39, 0.29) is 6.10 Å². The van der Waals surface area contributed by atoms with Gasteiger partial charge in [0.25, 0.3) is 0 Å². The first-order chi connectivity index (χ1) is 15.6. The SMILES string of the molecule is CC(ON1[C@@](C)(c2ccccc2)c2ccccc2[C@@]1(C)c1ccccc1)c1ccccc1. The van der Waals surface area contributed by atoms with E-state index in [1.807, 2.05) is 6.07 Å². The van der Waals surface area contributed by atoms with Gasteiger partial charge in [0.15, 0.2) is 0 Å². The second-order valence-corrected chi connectivity index (χ2v) is 8.87. The summed E-state index contributed by atoms with van der Waals surface area (Å²) in [5, 5.41) is 2.24. The molecule has 1 heterocycles. The van der Waals surface area contributed by atoms with Gasteiger partial charge in [0.2, 0.25) is 0 Å². The molecule has 5 rings (SSSR count). The van der Waals surface area contributed by atoms with Crippen molar-refractivity contribution in [3.63, 3.8) is 0 Å². The predicted octanol–water partition coefficient (Wildman–Crippen LogP) is 7.22. The molecule has 2 heteroatoms. The van der Waals surface area contributed by atoms with Gasteiger partial charge in [-0.15, -0.1) is 0 Å². The van der Waals surface area contributed by atoms with Gasteiger partial charge in [0.1, 0.15) is 6.10 Å². The molecule has 0 saturated heterocycles. The lowest BCUT2D eigenvalue weighted by Crippen LogP contribution is -2.49. The summed E-state index contributed by atoms with van der Waals surface area (Å²) in [6.45, 7) is 6.70. The number of hydrogen-bond donors (Lipinski definition) is 0. The van der Waals surface area contributed by atoms with Crippen LogP contribution in [0, 0.1) is 0 Å². The lowest BCUT2D eigenvalue weighted by Gasteiger charge is -2.45. The second-order valence-electron chi connectivity index (χ2n) is 8.87. The minimum Gasteiger partial charge on any atom is -0.289 e. The molecule has 2 nitrogen and oxygen atoms in total. The Morgan fingerprint density at radius 2 is 0.938 bits per heavy atom. The molecule has 0 spiro atoms. The van der Waals surface area contributed by atoms with E-state index in [0.717, 1.165) is 5.56 Å². The molecule has 1 aliphatic rings. The quantitative estimate of drug-likeness (QED) is 0.338. The Labute approximate surface area is 191 Å². The number of fused-ring (bicyclic) bond motifs is 1. The van der Waals surface area contributed by atoms with Crippen LogP contribution in [-0.2, 0) is 15.9 Å². The van der Waals surface area contributed by atoms with E-state index < -0.39 is 11.1 Å². The number of benzene rings is 4. The molecule has 0 bridgehead atoms. The third kappa shape index (κ3) is 3.10. The largest absolute Gasteiger partial charge is 0.289 e. The Bertz CT molecular complexity index is 1120. The van der Waals surface area contributed by atoms with Crippen molar-refractivity contribution in [2.24, 2.45) is 0 Å². The highest BCUT2D eigenvalue weighted by atomic mass is 16.7. The Hall–Kier alpha value is -3.20. The van der Waals surface area contributed by atoms with Crippen LogP contribution in [0.5, 0.6) is 0 Å². The van der Waals surface area contributed by atoms with Gasteiger partial charge in [-0.1, -0.05) is 115 Å². The Morgan fingerprint density at radius 3 is 1.38 bits per heavy atom. The molecule has 1 aliphatic heterocycles. The average molecular weight is 420 g/mol. The summed E-state index contributed by atoms with van der Waals surface area (Å²) >= 11 is 0. The highest BCUT2D eigenvalue weighted by Gasteiger charge is 2.57. The highest BCUT2D eigenvalue weighted by molar-refractivity contribution is 5.54. The van der Waals surface area contributed by atoms with Gasteiger partial charge in [-0.3, -0.25) is 4.84 Å². The molecule has 0 saturated carbocycles. The standard InChI is InChI=1S/C30H29NO/c1-23(24-15-7-4-8-16-24)32-31-29(2,25-17-9-5-10-18-25)27-21-13-14-22-28(27)30(31,3)26-19-11-6-12-20-26/h4-23H,1-3H3/t23?,29-,30+. The van der Waals surface area contributed by atoms with Crippen molar-refractivity contribution >= 4 is 0 Å². The molecule has 0 aromatic heterocycles. The molecule has 1 unspecified atom stereocenters. The van der Waals surface area contributed by atoms with Gasteiger partial charge in [-0.2, -0.15) is 5.06 Å². The van der Waals surface area contributed by atoms with E-state index >= 15 is 0 Å². The van der Waals surface area contributed by atoms with Gasteiger partial charge < -0.3 is 0 Å². The van der Waals surface area contributed by atoms with Crippen molar-refractivity contribution in [3.8, 4) is 0 Å². The molecule has 4 aromatic rings. The first-order valence-corrected chi connectivity index (χ1v) is 11.3. The molecule has 0 aliphatic carbocycles. The molecule has 0 radical (unpaired) electrons. The lowest BCUT2D eigenvalue weighted by molar-refractivity contribution is -0.276. The lowest BCUT2D eigenvalue weighted by atomic mass is 9.83. The van der Waals surface area contributed by atoms with Crippen molar-refractivity contribution in [2.45, 2.75) is 38.0 Å². The van der Waals surface area contributed by atoms with Crippen LogP contribution in [0.4, 0.5) is 0 Å². The molecule has 32 heavy (non-hydrogen) atoms. The molecule has 0 N–H and O–H groups in total. The first-order valence-electron chi connectivity index (χ1n) is 11.3. The zero-order valence-corrected chi connectivity index (χ0v) is 18.9. The van der Waals surface area contributed by atoms with Crippen LogP contribution in [-0.4, -0.2) is 5.06 Å². The summed E-state index contributed by atoms with van der Waals surface area (Å²) in [7, 11) is 0. The van der Waals surface area contributed by atoms with Crippen LogP contribution in [0.1, 0.15) is 54.7 Å². The molecular formula is C30H29NO. The Morgan fingerprint density at radius 1 is 0.562 bits per heavy atom. The molecule has 160 valence electrons. The van der Waals surface area contributed by atoms with E-state index in [0.29, 0.717) is 0 Å². The summed E-state index contributed by atoms with van der Waals surface area (Å²) in [6.07, 6.45) is -0.100. The van der Waals surface area contributed by atoms with Crippen LogP contribution in [0.25, 0.3) is 0 Å². The Balaban J connectivity index is 1.74. The number of rotatable bonds is 5. The van der Waals surface area contributed by atoms with Gasteiger partial charge in [0, 0.05) is 0 Å². The van der Waals surface area contributed by atoms with Crippen LogP contribution >= 0.6 is 0 Å². The van der Waals surface area contributed by atoms with E-state index in [2.05, 4.69) is 135 Å². The fourth-order valence-electron chi connectivity index (χ4n) is 5.22. The molecular weight excluding hydrogens is 390 g/mol. The van der Waals surface area contributed by atoms with Crippen molar-refractivity contribution in [1.29, 1.82) is 0 Å². The predicted molar refractivity (Wildman–Crippen MR) is 130 cm³/mol. The molecule has 4 aromatic carbocycles. The zero-order chi connectivity index (χ0) is 22.2. The average Bonchev–Trinajstić information content (AvgIpc) is 3.06. The van der Waals surface area contributed by atoms with Gasteiger partial charge >= 0.3 is 0 Å². The van der Waals surface area contributed by atoms with Crippen LogP contribution in [0.15, 0.2) is 115 Å². The van der Waals surface area contributed by atoms with Crippen molar-refractivity contribution in [1.82, 2.24) is 5.06 Å². The summed E-state index contributed by atoms with van der Waals surface area (Å²) in [4.78, 5) is 6.95. The number of hydroxylamine groups is 2. The summed E-state index contributed by atoms with van der Waals surface area (Å²) < 4.78 is 0. The summed E-state index contributed by atoms with van der Waals surface area (Å²) in [5.74, 6) is 0. The molecule has 0 fully saturated rings. The topological polar surface area (TPSA) is 12.5 Å². The van der Waals surface area contributed by atoms with Crippen LogP contribution in [0.2, 0.25) is 0 Å². The second kappa shape index (κ2) is 8.05. The van der Waals surface area contributed by atoms with Crippen molar-refractivity contribution in [2.75, 3.05) is 0 Å². The van der Waals surface area contributed by atoms with Crippen LogP contribution in [0.3, 0.4) is 0 Å². The summed E-state index contributed by atoms with van der Waals surface area (Å²) in [6, 6.07) is 40.6. The Kier molecular flexibility index (Phi) is 5.21. The van der Waals surface area contributed by atoms with Crippen LogP contribution < -0.4 is 0 Å². The zero-order valence-electron chi connectivity index (χ0n) is 18.9. The number of hydrogen-bond acceptors (Lipinski definition) is 2. The molecule has 3 atom stereocenters. The van der Waals surface area contributed by atoms with E-state index in [1.165, 1.54) is 22.3 Å². The minimum atomic E-state index is -0.453. The van der Waals surface area contributed by atoms with Crippen molar-refractivity contribution in [3.05, 3.63) is 143 Å². The maximum Gasteiger partial charge on any atom is 0.102 e. The summed E-state index contributed by atoms with van der Waals surface area (Å²) in [5.41, 5.74) is 5.24. The maximum atomic E-state index is 6.95. The van der Waals surface area contributed by atoms with E-state index in [1.54, 1.807) is 0 Å². The highest BCUT2D eigenvalue weighted by Crippen LogP contribution is 2.56. The minimum absolute atomic E-state index is 0.100. The first kappa shape index (κ1) is 20.7. The van der Waals surface area contributed by atoms with Gasteiger partial charge in [-0.05, 0) is 48.6 Å². The smallest absolute Gasteiger partial charge is 0.102 e. The fourth-order valence-corrected chi connectivity index (χ4v) is 5.22. The van der Waals surface area contributed by atoms with Gasteiger partial charge in [0.05, 0.1) is 11.1 Å². The van der Waals surface area contributed by atoms with E-state index in [9.17, 15) is 0 Å². The molecule has 0 amide bonds. The van der Waals surface area contributed by atoms with Gasteiger partial charge in [-0.25, -0.2) is 0 Å². The number of nitrogens with zero attached hydrogens (tertiary/aromatic N) is 1. The third-order valence-electron chi connectivity index (χ3n) is 6.99. The van der Waals surface area contributed by atoms with E-state index in [4.69, 9.17) is 4.84 Å². The third-order valence-corrected chi connectivity index (χ3v) is 6.99. The normalized spacial score (nSPS) is 23.6. The van der Waals surface area contributed by atoms with Crippen molar-refractivity contribution < 1.29 is 4.84 Å². The maximum absolute atomic E-state index is 6.95.